The highest BCUT2D eigenvalue weighted by Crippen LogP contribution is 2.66. The van der Waals surface area contributed by atoms with Crippen LogP contribution in [-0.2, 0) is 20.9 Å². The quantitative estimate of drug-likeness (QED) is 0.459. The Labute approximate surface area is 171 Å². The third kappa shape index (κ3) is 3.45. The highest BCUT2D eigenvalue weighted by molar-refractivity contribution is 6.01. The Morgan fingerprint density at radius 3 is 2.86 bits per heavy atom. The molecule has 0 saturated heterocycles. The van der Waals surface area contributed by atoms with E-state index in [9.17, 15) is 9.59 Å². The van der Waals surface area contributed by atoms with E-state index in [4.69, 9.17) is 4.74 Å². The molecule has 0 bridgehead atoms. The third-order valence-electron chi connectivity index (χ3n) is 6.85. The lowest BCUT2D eigenvalue weighted by atomic mass is 9.90. The summed E-state index contributed by atoms with van der Waals surface area (Å²) in [5.74, 6) is 0.370. The average Bonchev–Trinajstić information content (AvgIpc) is 3.26. The molecule has 0 radical (unpaired) electrons. The van der Waals surface area contributed by atoms with Crippen molar-refractivity contribution in [3.05, 3.63) is 35.5 Å². The molecular weight excluding hydrogens is 366 g/mol. The van der Waals surface area contributed by atoms with Crippen LogP contribution < -0.4 is 5.43 Å². The van der Waals surface area contributed by atoms with E-state index >= 15 is 0 Å². The van der Waals surface area contributed by atoms with Gasteiger partial charge in [0.25, 0.3) is 0 Å². The lowest BCUT2D eigenvalue weighted by Crippen LogP contribution is -2.22. The van der Waals surface area contributed by atoms with Crippen molar-refractivity contribution in [2.45, 2.75) is 53.0 Å². The summed E-state index contributed by atoms with van der Waals surface area (Å²) in [6.07, 6.45) is 6.44. The lowest BCUT2D eigenvalue weighted by molar-refractivity contribution is -0.143. The standard InChI is InChI=1S/C23H29N3O3/c1-4-29-20(27)14-26-15(2)17(16-9-5-6-11-19(16)26)13-24-25-22(28)21-18-10-7-8-12-23(18,21)3/h5-6,9,11,13,18,21H,4,7-8,10,12,14H2,1-3H3,(H,25,28)/b24-13-/t18-,21+,23-/m0/s1. The van der Waals surface area contributed by atoms with E-state index in [1.165, 1.54) is 12.8 Å². The molecule has 2 aromatic rings. The fourth-order valence-corrected chi connectivity index (χ4v) is 5.24. The van der Waals surface area contributed by atoms with Gasteiger partial charge >= 0.3 is 5.97 Å². The number of hydrogen-bond donors (Lipinski definition) is 1. The van der Waals surface area contributed by atoms with Gasteiger partial charge in [-0.25, -0.2) is 5.43 Å². The van der Waals surface area contributed by atoms with E-state index in [1.807, 2.05) is 35.8 Å². The second-order valence-electron chi connectivity index (χ2n) is 8.48. The molecule has 2 aliphatic rings. The number of esters is 1. The Balaban J connectivity index is 1.53. The number of nitrogens with one attached hydrogen (secondary N) is 1. The number of amides is 1. The van der Waals surface area contributed by atoms with Gasteiger partial charge in [-0.3, -0.25) is 9.59 Å². The molecule has 6 heteroatoms. The van der Waals surface area contributed by atoms with Crippen molar-refractivity contribution >= 4 is 29.0 Å². The Morgan fingerprint density at radius 2 is 2.14 bits per heavy atom. The SMILES string of the molecule is CCOC(=O)Cn1c(C)c(/C=N\NC(=O)[C@H]2[C@@H]3CCCC[C@@]32C)c2ccccc21. The largest absolute Gasteiger partial charge is 0.465 e. The van der Waals surface area contributed by atoms with Crippen LogP contribution in [0.4, 0.5) is 0 Å². The van der Waals surface area contributed by atoms with Crippen LogP contribution in [0, 0.1) is 24.2 Å². The van der Waals surface area contributed by atoms with E-state index < -0.39 is 0 Å². The molecule has 2 saturated carbocycles. The molecule has 1 aromatic carbocycles. The number of hydrazone groups is 1. The van der Waals surface area contributed by atoms with Crippen molar-refractivity contribution in [1.82, 2.24) is 9.99 Å². The van der Waals surface area contributed by atoms with Gasteiger partial charge < -0.3 is 9.30 Å². The molecule has 1 N–H and O–H groups in total. The van der Waals surface area contributed by atoms with E-state index in [0.29, 0.717) is 12.5 Å². The molecule has 2 fully saturated rings. The van der Waals surface area contributed by atoms with Crippen LogP contribution in [0.3, 0.4) is 0 Å². The van der Waals surface area contributed by atoms with Crippen LogP contribution in [0.15, 0.2) is 29.4 Å². The van der Waals surface area contributed by atoms with Crippen LogP contribution in [0.25, 0.3) is 10.9 Å². The molecule has 3 atom stereocenters. The molecule has 6 nitrogen and oxygen atoms in total. The predicted molar refractivity (Wildman–Crippen MR) is 113 cm³/mol. The van der Waals surface area contributed by atoms with E-state index in [2.05, 4.69) is 17.5 Å². The molecule has 2 aliphatic carbocycles. The molecule has 154 valence electrons. The van der Waals surface area contributed by atoms with Gasteiger partial charge in [0, 0.05) is 28.1 Å². The normalized spacial score (nSPS) is 25.8. The first kappa shape index (κ1) is 19.7. The molecule has 0 spiro atoms. The van der Waals surface area contributed by atoms with E-state index in [-0.39, 0.29) is 29.8 Å². The Hall–Kier alpha value is -2.63. The first-order valence-electron chi connectivity index (χ1n) is 10.5. The molecule has 1 amide bonds. The number of para-hydroxylation sites is 1. The van der Waals surface area contributed by atoms with Crippen molar-refractivity contribution in [1.29, 1.82) is 0 Å². The van der Waals surface area contributed by atoms with Crippen LogP contribution in [0.5, 0.6) is 0 Å². The number of carbonyl (C=O) groups excluding carboxylic acids is 2. The first-order chi connectivity index (χ1) is 14.0. The Kier molecular flexibility index (Phi) is 5.19. The number of carbonyl (C=O) groups is 2. The number of benzene rings is 1. The predicted octanol–water partition coefficient (Wildman–Crippen LogP) is 3.79. The summed E-state index contributed by atoms with van der Waals surface area (Å²) in [4.78, 5) is 24.7. The minimum atomic E-state index is -0.266. The van der Waals surface area contributed by atoms with E-state index in [1.54, 1.807) is 13.1 Å². The fraction of sp³-hybridized carbons (Fsp3) is 0.522. The highest BCUT2D eigenvalue weighted by Gasteiger charge is 2.64. The number of fused-ring (bicyclic) bond motifs is 2. The van der Waals surface area contributed by atoms with E-state index in [0.717, 1.165) is 35.0 Å². The second-order valence-corrected chi connectivity index (χ2v) is 8.48. The highest BCUT2D eigenvalue weighted by atomic mass is 16.5. The molecule has 0 unspecified atom stereocenters. The van der Waals surface area contributed by atoms with Gasteiger partial charge in [0.1, 0.15) is 6.54 Å². The number of aromatic nitrogens is 1. The minimum absolute atomic E-state index is 0.0311. The molecule has 1 aromatic heterocycles. The monoisotopic (exact) mass is 395 g/mol. The molecule has 1 heterocycles. The summed E-state index contributed by atoms with van der Waals surface area (Å²) in [5, 5.41) is 5.28. The van der Waals surface area contributed by atoms with Crippen molar-refractivity contribution in [2.24, 2.45) is 22.4 Å². The van der Waals surface area contributed by atoms with Crippen LogP contribution >= 0.6 is 0 Å². The number of rotatable bonds is 6. The summed E-state index contributed by atoms with van der Waals surface area (Å²) in [7, 11) is 0. The lowest BCUT2D eigenvalue weighted by Gasteiger charge is -2.15. The number of ether oxygens (including phenoxy) is 1. The van der Waals surface area contributed by atoms with Gasteiger partial charge in [-0.1, -0.05) is 38.0 Å². The first-order valence-corrected chi connectivity index (χ1v) is 10.5. The van der Waals surface area contributed by atoms with Crippen molar-refractivity contribution < 1.29 is 14.3 Å². The maximum atomic E-state index is 12.6. The summed E-state index contributed by atoms with van der Waals surface area (Å²) in [5.41, 5.74) is 5.71. The Morgan fingerprint density at radius 1 is 1.34 bits per heavy atom. The Bertz CT molecular complexity index is 977. The van der Waals surface area contributed by atoms with Crippen molar-refractivity contribution in [3.63, 3.8) is 0 Å². The molecule has 4 rings (SSSR count). The van der Waals surface area contributed by atoms with Gasteiger partial charge in [-0.2, -0.15) is 5.10 Å². The zero-order valence-electron chi connectivity index (χ0n) is 17.4. The van der Waals surface area contributed by atoms with Crippen molar-refractivity contribution in [3.8, 4) is 0 Å². The van der Waals surface area contributed by atoms with Crippen LogP contribution in [0.1, 0.15) is 50.8 Å². The molecular formula is C23H29N3O3. The van der Waals surface area contributed by atoms with Gasteiger partial charge in [0.2, 0.25) is 5.91 Å². The summed E-state index contributed by atoms with van der Waals surface area (Å²) in [6.45, 7) is 6.51. The summed E-state index contributed by atoms with van der Waals surface area (Å²) in [6, 6.07) is 7.89. The minimum Gasteiger partial charge on any atom is -0.465 e. The van der Waals surface area contributed by atoms with Crippen LogP contribution in [0.2, 0.25) is 0 Å². The molecule has 0 aliphatic heterocycles. The van der Waals surface area contributed by atoms with Crippen molar-refractivity contribution in [2.75, 3.05) is 6.61 Å². The summed E-state index contributed by atoms with van der Waals surface area (Å²) < 4.78 is 7.05. The molecule has 29 heavy (non-hydrogen) atoms. The number of hydrogen-bond acceptors (Lipinski definition) is 4. The fourth-order valence-electron chi connectivity index (χ4n) is 5.24. The van der Waals surface area contributed by atoms with Gasteiger partial charge in [-0.05, 0) is 44.1 Å². The topological polar surface area (TPSA) is 72.7 Å². The third-order valence-corrected chi connectivity index (χ3v) is 6.85. The maximum Gasteiger partial charge on any atom is 0.325 e. The average molecular weight is 396 g/mol. The second kappa shape index (κ2) is 7.65. The van der Waals surface area contributed by atoms with Gasteiger partial charge in [-0.15, -0.1) is 0 Å². The smallest absolute Gasteiger partial charge is 0.325 e. The van der Waals surface area contributed by atoms with Gasteiger partial charge in [0.15, 0.2) is 0 Å². The maximum absolute atomic E-state index is 12.6. The zero-order valence-corrected chi connectivity index (χ0v) is 17.4. The number of nitrogens with zero attached hydrogens (tertiary/aromatic N) is 2. The summed E-state index contributed by atoms with van der Waals surface area (Å²) >= 11 is 0. The van der Waals surface area contributed by atoms with Crippen LogP contribution in [-0.4, -0.2) is 29.3 Å². The zero-order chi connectivity index (χ0) is 20.6. The van der Waals surface area contributed by atoms with Gasteiger partial charge in [0.05, 0.1) is 12.8 Å².